The number of rotatable bonds is 6. The molecule has 9 aromatic carbocycles. The Morgan fingerprint density at radius 1 is 0.214 bits per heavy atom. The normalized spacial score (nSPS) is 11.6. The third-order valence-electron chi connectivity index (χ3n) is 11.3. The Bertz CT molecular complexity index is 3020. The average molecular weight is 713 g/mol. The highest BCUT2D eigenvalue weighted by molar-refractivity contribution is 6.12. The lowest BCUT2D eigenvalue weighted by Gasteiger charge is -2.15. The highest BCUT2D eigenvalue weighted by Gasteiger charge is 2.18. The number of aromatic nitrogens is 2. The smallest absolute Gasteiger partial charge is 0.0547 e. The number of nitrogens with zero attached hydrogens (tertiary/aromatic N) is 2. The van der Waals surface area contributed by atoms with Crippen LogP contribution in [-0.2, 0) is 0 Å². The summed E-state index contributed by atoms with van der Waals surface area (Å²) in [5, 5.41) is 4.97. The molecule has 262 valence electrons. The van der Waals surface area contributed by atoms with Crippen molar-refractivity contribution in [2.45, 2.75) is 0 Å². The third-order valence-corrected chi connectivity index (χ3v) is 11.3. The molecule has 0 spiro atoms. The zero-order chi connectivity index (χ0) is 37.0. The number of hydrogen-bond donors (Lipinski definition) is 0. The van der Waals surface area contributed by atoms with E-state index in [1.54, 1.807) is 0 Å². The van der Waals surface area contributed by atoms with Crippen LogP contribution in [0.15, 0.2) is 218 Å². The van der Waals surface area contributed by atoms with Gasteiger partial charge in [-0.3, -0.25) is 0 Å². The Kier molecular flexibility index (Phi) is 7.53. The molecule has 0 aliphatic carbocycles. The fraction of sp³-hybridized carbons (Fsp3) is 0. The van der Waals surface area contributed by atoms with Crippen molar-refractivity contribution < 1.29 is 0 Å². The first-order chi connectivity index (χ1) is 27.8. The average Bonchev–Trinajstić information content (AvgIpc) is 3.79. The Labute approximate surface area is 325 Å². The van der Waals surface area contributed by atoms with Crippen molar-refractivity contribution in [1.82, 2.24) is 9.13 Å². The van der Waals surface area contributed by atoms with Gasteiger partial charge in [-0.15, -0.1) is 0 Å². The monoisotopic (exact) mass is 712 g/mol. The van der Waals surface area contributed by atoms with E-state index in [4.69, 9.17) is 0 Å². The summed E-state index contributed by atoms with van der Waals surface area (Å²) in [6, 6.07) is 79.4. The van der Waals surface area contributed by atoms with Crippen LogP contribution in [0.2, 0.25) is 0 Å². The molecule has 0 N–H and O–H groups in total. The number of benzene rings is 9. The lowest BCUT2D eigenvalue weighted by Crippen LogP contribution is -1.99. The second-order valence-corrected chi connectivity index (χ2v) is 14.5. The number of hydrogen-bond acceptors (Lipinski definition) is 0. The minimum absolute atomic E-state index is 1.12. The van der Waals surface area contributed by atoms with E-state index in [2.05, 4.69) is 228 Å². The molecule has 0 saturated carbocycles. The van der Waals surface area contributed by atoms with Crippen molar-refractivity contribution >= 4 is 43.6 Å². The summed E-state index contributed by atoms with van der Waals surface area (Å²) in [6.45, 7) is 0. The van der Waals surface area contributed by atoms with Crippen LogP contribution in [0.4, 0.5) is 0 Å². The van der Waals surface area contributed by atoms with Gasteiger partial charge in [0.15, 0.2) is 0 Å². The predicted molar refractivity (Wildman–Crippen MR) is 237 cm³/mol. The van der Waals surface area contributed by atoms with Gasteiger partial charge in [-0.2, -0.15) is 0 Å². The molecule has 11 rings (SSSR count). The summed E-state index contributed by atoms with van der Waals surface area (Å²) in [7, 11) is 0. The molecular formula is C54H36N2. The minimum atomic E-state index is 1.12. The van der Waals surface area contributed by atoms with Gasteiger partial charge in [0.25, 0.3) is 0 Å². The molecule has 0 aliphatic heterocycles. The standard InChI is InChI=1S/C54H36N2/c1-3-16-37(17-4-1)43-22-7-9-24-45(43)39-30-32-49-47-26-11-13-28-51(47)55(53(49)34-39)41-20-15-21-42(36-41)56-52-29-14-12-27-48(52)50-33-31-40(35-54(50)56)46-25-10-8-23-44(46)38-18-5-2-6-19-38/h1-36H. The molecule has 2 heteroatoms. The van der Waals surface area contributed by atoms with Crippen LogP contribution in [0.3, 0.4) is 0 Å². The fourth-order valence-corrected chi connectivity index (χ4v) is 8.81. The van der Waals surface area contributed by atoms with Crippen LogP contribution < -0.4 is 0 Å². The maximum atomic E-state index is 2.44. The molecule has 2 nitrogen and oxygen atoms in total. The summed E-state index contributed by atoms with van der Waals surface area (Å²) < 4.78 is 4.89. The van der Waals surface area contributed by atoms with Crippen LogP contribution in [0.5, 0.6) is 0 Å². The lowest BCUT2D eigenvalue weighted by molar-refractivity contribution is 1.13. The molecule has 0 unspecified atom stereocenters. The first kappa shape index (κ1) is 32.0. The second kappa shape index (κ2) is 13.2. The molecular weight excluding hydrogens is 677 g/mol. The maximum absolute atomic E-state index is 2.44. The van der Waals surface area contributed by atoms with Crippen molar-refractivity contribution in [1.29, 1.82) is 0 Å². The Morgan fingerprint density at radius 3 is 1.02 bits per heavy atom. The topological polar surface area (TPSA) is 9.86 Å². The second-order valence-electron chi connectivity index (χ2n) is 14.5. The van der Waals surface area contributed by atoms with Gasteiger partial charge in [-0.1, -0.05) is 176 Å². The summed E-state index contributed by atoms with van der Waals surface area (Å²) in [5.41, 5.74) is 16.7. The maximum Gasteiger partial charge on any atom is 0.0547 e. The predicted octanol–water partition coefficient (Wildman–Crippen LogP) is 14.5. The molecule has 0 fully saturated rings. The van der Waals surface area contributed by atoms with E-state index in [0.29, 0.717) is 0 Å². The highest BCUT2D eigenvalue weighted by atomic mass is 15.0. The van der Waals surface area contributed by atoms with E-state index >= 15 is 0 Å². The Balaban J connectivity index is 1.11. The lowest BCUT2D eigenvalue weighted by atomic mass is 9.94. The van der Waals surface area contributed by atoms with Crippen LogP contribution in [0, 0.1) is 0 Å². The SMILES string of the molecule is c1ccc(-c2ccccc2-c2ccc3c4ccccc4n(-c4cccc(-n5c6ccccc6c6ccc(-c7ccccc7-c7ccccc7)cc65)c4)c3c2)cc1. The quantitative estimate of drug-likeness (QED) is 0.162. The third kappa shape index (κ3) is 5.19. The van der Waals surface area contributed by atoms with E-state index < -0.39 is 0 Å². The number of para-hydroxylation sites is 2. The van der Waals surface area contributed by atoms with Crippen LogP contribution >= 0.6 is 0 Å². The van der Waals surface area contributed by atoms with Gasteiger partial charge < -0.3 is 9.13 Å². The summed E-state index contributed by atoms with van der Waals surface area (Å²) in [5.74, 6) is 0. The largest absolute Gasteiger partial charge is 0.309 e. The van der Waals surface area contributed by atoms with Crippen LogP contribution in [0.1, 0.15) is 0 Å². The van der Waals surface area contributed by atoms with Crippen LogP contribution in [-0.4, -0.2) is 9.13 Å². The van der Waals surface area contributed by atoms with E-state index in [0.717, 1.165) is 11.4 Å². The van der Waals surface area contributed by atoms with Crippen molar-refractivity contribution in [3.8, 4) is 55.9 Å². The van der Waals surface area contributed by atoms with E-state index in [1.807, 2.05) is 0 Å². The van der Waals surface area contributed by atoms with Crippen molar-refractivity contribution in [2.24, 2.45) is 0 Å². The van der Waals surface area contributed by atoms with Crippen molar-refractivity contribution in [3.05, 3.63) is 218 Å². The summed E-state index contributed by atoms with van der Waals surface area (Å²) >= 11 is 0. The minimum Gasteiger partial charge on any atom is -0.309 e. The molecule has 2 aromatic heterocycles. The number of fused-ring (bicyclic) bond motifs is 6. The molecule has 0 saturated heterocycles. The van der Waals surface area contributed by atoms with E-state index in [1.165, 1.54) is 88.1 Å². The van der Waals surface area contributed by atoms with Gasteiger partial charge >= 0.3 is 0 Å². The Morgan fingerprint density at radius 2 is 0.571 bits per heavy atom. The van der Waals surface area contributed by atoms with Gasteiger partial charge in [0.2, 0.25) is 0 Å². The highest BCUT2D eigenvalue weighted by Crippen LogP contribution is 2.40. The first-order valence-electron chi connectivity index (χ1n) is 19.3. The van der Waals surface area contributed by atoms with E-state index in [9.17, 15) is 0 Å². The molecule has 56 heavy (non-hydrogen) atoms. The summed E-state index contributed by atoms with van der Waals surface area (Å²) in [4.78, 5) is 0. The molecule has 11 aromatic rings. The first-order valence-corrected chi connectivity index (χ1v) is 19.3. The fourth-order valence-electron chi connectivity index (χ4n) is 8.81. The van der Waals surface area contributed by atoms with Crippen molar-refractivity contribution in [3.63, 3.8) is 0 Å². The summed E-state index contributed by atoms with van der Waals surface area (Å²) in [6.07, 6.45) is 0. The zero-order valence-electron chi connectivity index (χ0n) is 30.7. The molecule has 0 aliphatic rings. The molecule has 0 bridgehead atoms. The molecule has 0 atom stereocenters. The van der Waals surface area contributed by atoms with Gasteiger partial charge in [0.1, 0.15) is 0 Å². The van der Waals surface area contributed by atoms with Gasteiger partial charge in [0.05, 0.1) is 22.1 Å². The molecule has 0 amide bonds. The van der Waals surface area contributed by atoms with E-state index in [-0.39, 0.29) is 0 Å². The molecule has 0 radical (unpaired) electrons. The Hall–Kier alpha value is -7.42. The van der Waals surface area contributed by atoms with Crippen molar-refractivity contribution in [2.75, 3.05) is 0 Å². The van der Waals surface area contributed by atoms with Crippen LogP contribution in [0.25, 0.3) is 99.5 Å². The van der Waals surface area contributed by atoms with Gasteiger partial charge in [-0.05, 0) is 87.0 Å². The van der Waals surface area contributed by atoms with Gasteiger partial charge in [-0.25, -0.2) is 0 Å². The molecule has 2 heterocycles. The van der Waals surface area contributed by atoms with Gasteiger partial charge in [0, 0.05) is 32.9 Å². The zero-order valence-corrected chi connectivity index (χ0v) is 30.7.